The summed E-state index contributed by atoms with van der Waals surface area (Å²) in [6, 6.07) is 16.0. The molecule has 0 aliphatic carbocycles. The highest BCUT2D eigenvalue weighted by atomic mass is 127. The molecule has 7 heteroatoms. The lowest BCUT2D eigenvalue weighted by atomic mass is 10.1. The number of anilines is 2. The van der Waals surface area contributed by atoms with E-state index in [1.54, 1.807) is 12.4 Å². The molecule has 0 bridgehead atoms. The van der Waals surface area contributed by atoms with Crippen LogP contribution in [0.1, 0.15) is 5.69 Å². The molecule has 6 nitrogen and oxygen atoms in total. The molecule has 128 valence electrons. The van der Waals surface area contributed by atoms with E-state index in [0.717, 1.165) is 31.8 Å². The monoisotopic (exact) mass is 454 g/mol. The Hall–Kier alpha value is -2.81. The van der Waals surface area contributed by atoms with Gasteiger partial charge in [0.2, 0.25) is 5.95 Å². The minimum atomic E-state index is 0.500. The van der Waals surface area contributed by atoms with Gasteiger partial charge in [0.05, 0.1) is 11.4 Å². The molecule has 0 saturated carbocycles. The molecule has 0 spiro atoms. The fourth-order valence-corrected chi connectivity index (χ4v) is 3.11. The van der Waals surface area contributed by atoms with E-state index in [1.165, 1.54) is 0 Å². The predicted molar refractivity (Wildman–Crippen MR) is 110 cm³/mol. The first-order valence-corrected chi connectivity index (χ1v) is 9.10. The lowest BCUT2D eigenvalue weighted by molar-refractivity contribution is 1.04. The molecule has 0 saturated heterocycles. The summed E-state index contributed by atoms with van der Waals surface area (Å²) in [6.45, 7) is 1.95. The number of hydrogen-bond donors (Lipinski definition) is 2. The van der Waals surface area contributed by atoms with Crippen LogP contribution in [0.15, 0.2) is 60.9 Å². The van der Waals surface area contributed by atoms with Crippen molar-refractivity contribution >= 4 is 34.4 Å². The topological polar surface area (TPSA) is 79.4 Å². The molecule has 0 amide bonds. The van der Waals surface area contributed by atoms with E-state index in [0.29, 0.717) is 11.8 Å². The summed E-state index contributed by atoms with van der Waals surface area (Å²) >= 11 is 2.30. The molecule has 0 unspecified atom stereocenters. The van der Waals surface area contributed by atoms with Crippen molar-refractivity contribution in [1.82, 2.24) is 25.1 Å². The molecular weight excluding hydrogens is 439 g/mol. The minimum Gasteiger partial charge on any atom is -0.307 e. The molecule has 26 heavy (non-hydrogen) atoms. The number of benzene rings is 1. The number of H-pyrrole nitrogens is 1. The first-order chi connectivity index (χ1) is 12.7. The van der Waals surface area contributed by atoms with Crippen molar-refractivity contribution in [3.05, 3.63) is 70.2 Å². The molecule has 3 heterocycles. The predicted octanol–water partition coefficient (Wildman–Crippen LogP) is 4.59. The van der Waals surface area contributed by atoms with E-state index in [-0.39, 0.29) is 0 Å². The van der Waals surface area contributed by atoms with E-state index >= 15 is 0 Å². The minimum absolute atomic E-state index is 0.500. The smallest absolute Gasteiger partial charge is 0.229 e. The lowest BCUT2D eigenvalue weighted by Crippen LogP contribution is -2.00. The van der Waals surface area contributed by atoms with Gasteiger partial charge < -0.3 is 5.32 Å². The fraction of sp³-hybridized carbons (Fsp3) is 0.0526. The Bertz CT molecular complexity index is 1040. The number of nitrogens with zero attached hydrogens (tertiary/aromatic N) is 4. The van der Waals surface area contributed by atoms with Crippen molar-refractivity contribution in [3.8, 4) is 22.5 Å². The van der Waals surface area contributed by atoms with Gasteiger partial charge in [0, 0.05) is 38.9 Å². The van der Waals surface area contributed by atoms with Crippen LogP contribution in [0.25, 0.3) is 22.5 Å². The third-order valence-electron chi connectivity index (χ3n) is 3.77. The standard InChI is InChI=1S/C19H15IN6/c1-12-9-18(26-25-12)24-19-22-16(13-5-7-21-8-6-13)11-17(23-19)14-3-2-4-15(20)10-14/h2-11H,1H3,(H2,22,23,24,25,26). The summed E-state index contributed by atoms with van der Waals surface area (Å²) in [5.41, 5.74) is 4.66. The van der Waals surface area contributed by atoms with Crippen LogP contribution in [-0.2, 0) is 0 Å². The number of halogens is 1. The molecule has 4 aromatic rings. The molecule has 2 N–H and O–H groups in total. The van der Waals surface area contributed by atoms with E-state index in [4.69, 9.17) is 0 Å². The van der Waals surface area contributed by atoms with Crippen LogP contribution in [0.4, 0.5) is 11.8 Å². The zero-order valence-corrected chi connectivity index (χ0v) is 16.1. The number of aromatic nitrogens is 5. The van der Waals surface area contributed by atoms with Gasteiger partial charge in [-0.2, -0.15) is 5.10 Å². The third kappa shape index (κ3) is 3.72. The van der Waals surface area contributed by atoms with Crippen LogP contribution < -0.4 is 5.32 Å². The first kappa shape index (κ1) is 16.6. The maximum Gasteiger partial charge on any atom is 0.229 e. The number of pyridine rings is 1. The Balaban J connectivity index is 1.81. The number of hydrogen-bond acceptors (Lipinski definition) is 5. The zero-order chi connectivity index (χ0) is 17.9. The van der Waals surface area contributed by atoms with Gasteiger partial charge in [0.15, 0.2) is 5.82 Å². The van der Waals surface area contributed by atoms with Gasteiger partial charge in [-0.3, -0.25) is 10.1 Å². The second-order valence-corrected chi connectivity index (χ2v) is 7.02. The van der Waals surface area contributed by atoms with E-state index in [1.807, 2.05) is 43.3 Å². The van der Waals surface area contributed by atoms with Gasteiger partial charge in [-0.05, 0) is 59.8 Å². The summed E-state index contributed by atoms with van der Waals surface area (Å²) in [5.74, 6) is 1.18. The molecule has 1 aromatic carbocycles. The summed E-state index contributed by atoms with van der Waals surface area (Å²) in [7, 11) is 0. The van der Waals surface area contributed by atoms with Crippen LogP contribution in [0.3, 0.4) is 0 Å². The van der Waals surface area contributed by atoms with Crippen molar-refractivity contribution in [3.63, 3.8) is 0 Å². The third-order valence-corrected chi connectivity index (χ3v) is 4.44. The molecule has 0 aliphatic heterocycles. The van der Waals surface area contributed by atoms with Crippen LogP contribution in [0.2, 0.25) is 0 Å². The van der Waals surface area contributed by atoms with Crippen molar-refractivity contribution < 1.29 is 0 Å². The van der Waals surface area contributed by atoms with Crippen LogP contribution >= 0.6 is 22.6 Å². The molecule has 0 aliphatic rings. The summed E-state index contributed by atoms with van der Waals surface area (Å²) in [5, 5.41) is 10.3. The molecule has 4 rings (SSSR count). The Morgan fingerprint density at radius 1 is 0.923 bits per heavy atom. The van der Waals surface area contributed by atoms with E-state index in [9.17, 15) is 0 Å². The zero-order valence-electron chi connectivity index (χ0n) is 13.9. The first-order valence-electron chi connectivity index (χ1n) is 8.02. The molecule has 0 radical (unpaired) electrons. The molecule has 0 fully saturated rings. The van der Waals surface area contributed by atoms with Crippen molar-refractivity contribution in [1.29, 1.82) is 0 Å². The van der Waals surface area contributed by atoms with Gasteiger partial charge in [0.25, 0.3) is 0 Å². The normalized spacial score (nSPS) is 10.7. The lowest BCUT2D eigenvalue weighted by Gasteiger charge is -2.09. The Morgan fingerprint density at radius 3 is 2.38 bits per heavy atom. The molecule has 3 aromatic heterocycles. The fourth-order valence-electron chi connectivity index (χ4n) is 2.57. The second kappa shape index (κ2) is 7.20. The summed E-state index contributed by atoms with van der Waals surface area (Å²) in [6.07, 6.45) is 3.51. The van der Waals surface area contributed by atoms with Gasteiger partial charge >= 0.3 is 0 Å². The van der Waals surface area contributed by atoms with Gasteiger partial charge in [-0.15, -0.1) is 0 Å². The molecular formula is C19H15IN6. The number of nitrogens with one attached hydrogen (secondary N) is 2. The van der Waals surface area contributed by atoms with Crippen LogP contribution in [0, 0.1) is 10.5 Å². The van der Waals surface area contributed by atoms with E-state index < -0.39 is 0 Å². The average Bonchev–Trinajstić information content (AvgIpc) is 3.07. The summed E-state index contributed by atoms with van der Waals surface area (Å²) in [4.78, 5) is 13.4. The van der Waals surface area contributed by atoms with Crippen molar-refractivity contribution in [2.45, 2.75) is 6.92 Å². The highest BCUT2D eigenvalue weighted by molar-refractivity contribution is 14.1. The quantitative estimate of drug-likeness (QED) is 0.442. The average molecular weight is 454 g/mol. The Kier molecular flexibility index (Phi) is 4.61. The van der Waals surface area contributed by atoms with Crippen molar-refractivity contribution in [2.75, 3.05) is 5.32 Å². The SMILES string of the molecule is Cc1cc(Nc2nc(-c3ccncc3)cc(-c3cccc(I)c3)n2)n[nH]1. The largest absolute Gasteiger partial charge is 0.307 e. The van der Waals surface area contributed by atoms with Gasteiger partial charge in [-0.1, -0.05) is 12.1 Å². The van der Waals surface area contributed by atoms with Gasteiger partial charge in [-0.25, -0.2) is 9.97 Å². The number of aromatic amines is 1. The molecule has 0 atom stereocenters. The van der Waals surface area contributed by atoms with Crippen LogP contribution in [-0.4, -0.2) is 25.1 Å². The number of aryl methyl sites for hydroxylation is 1. The van der Waals surface area contributed by atoms with Crippen molar-refractivity contribution in [2.24, 2.45) is 0 Å². The highest BCUT2D eigenvalue weighted by Crippen LogP contribution is 2.26. The van der Waals surface area contributed by atoms with Crippen LogP contribution in [0.5, 0.6) is 0 Å². The highest BCUT2D eigenvalue weighted by Gasteiger charge is 2.10. The second-order valence-electron chi connectivity index (χ2n) is 5.77. The maximum absolute atomic E-state index is 4.68. The van der Waals surface area contributed by atoms with E-state index in [2.05, 4.69) is 65.2 Å². The number of rotatable bonds is 4. The van der Waals surface area contributed by atoms with Gasteiger partial charge in [0.1, 0.15) is 0 Å². The Labute approximate surface area is 164 Å². The maximum atomic E-state index is 4.68. The Morgan fingerprint density at radius 2 is 1.69 bits per heavy atom. The summed E-state index contributed by atoms with van der Waals surface area (Å²) < 4.78 is 1.15.